The molecular formula is C102H66N12. The Morgan fingerprint density at radius 1 is 0.193 bits per heavy atom. The molecule has 0 radical (unpaired) electrons. The van der Waals surface area contributed by atoms with Crippen molar-refractivity contribution in [3.8, 4) is 90.4 Å². The summed E-state index contributed by atoms with van der Waals surface area (Å²) in [5.74, 6) is 15.3. The van der Waals surface area contributed by atoms with Crippen LogP contribution in [0.3, 0.4) is 0 Å². The summed E-state index contributed by atoms with van der Waals surface area (Å²) in [7, 11) is 0. The molecule has 0 fully saturated rings. The molecular weight excluding hydrogens is 1390 g/mol. The van der Waals surface area contributed by atoms with Crippen LogP contribution in [-0.2, 0) is 0 Å². The molecule has 0 spiro atoms. The maximum atomic E-state index is 5.69. The maximum absolute atomic E-state index is 5.69. The number of benzene rings is 6. The zero-order valence-electron chi connectivity index (χ0n) is 61.9. The molecule has 0 atom stereocenters. The van der Waals surface area contributed by atoms with Gasteiger partial charge in [0, 0.05) is 77.5 Å². The minimum absolute atomic E-state index is 0.636. The van der Waals surface area contributed by atoms with E-state index in [1.165, 1.54) is 0 Å². The van der Waals surface area contributed by atoms with E-state index in [0.29, 0.717) is 56.1 Å². The molecule has 0 unspecified atom stereocenters. The lowest BCUT2D eigenvalue weighted by Crippen LogP contribution is -1.91. The Morgan fingerprint density at radius 3 is 0.711 bits per heavy atom. The van der Waals surface area contributed by atoms with E-state index in [1.54, 1.807) is 0 Å². The number of nitrogens with zero attached hydrogens (tertiary/aromatic N) is 6. The third-order valence-corrected chi connectivity index (χ3v) is 21.5. The Labute approximate surface area is 655 Å². The lowest BCUT2D eigenvalue weighted by molar-refractivity contribution is 1.29. The predicted molar refractivity (Wildman–Crippen MR) is 471 cm³/mol. The fourth-order valence-corrected chi connectivity index (χ4v) is 15.9. The van der Waals surface area contributed by atoms with Crippen LogP contribution in [0.25, 0.3) is 206 Å². The van der Waals surface area contributed by atoms with Gasteiger partial charge in [-0.1, -0.05) is 205 Å². The summed E-state index contributed by atoms with van der Waals surface area (Å²) < 4.78 is 0. The summed E-state index contributed by atoms with van der Waals surface area (Å²) in [6, 6.07) is 88.5. The highest BCUT2D eigenvalue weighted by atomic mass is 14.8. The van der Waals surface area contributed by atoms with E-state index in [4.69, 9.17) is 29.9 Å². The van der Waals surface area contributed by atoms with E-state index in [9.17, 15) is 0 Å². The second-order valence-corrected chi connectivity index (χ2v) is 28.9. The van der Waals surface area contributed by atoms with E-state index >= 15 is 0 Å². The third kappa shape index (κ3) is 12.3. The molecule has 12 heteroatoms. The van der Waals surface area contributed by atoms with Gasteiger partial charge in [-0.15, -0.1) is 0 Å². The number of aryl methyl sites for hydroxylation is 2. The monoisotopic (exact) mass is 1460 g/mol. The standard InChI is InChI=1S/C102H66N12/c1-61-23-27-67(28-24-61)101-93-55-49-79(112-93)73(35-37-75-81-45-51-89(108-81)97(63-15-7-3-8-16-63)85-39-31-69(103-85)59-70-32-40-86(104-70)98(64-17-9-4-10-18-64)90-52-46-82(75)109-90)77-43-44-78(107-77)74(80-50-56-94(113-80)102(96-58-57-95(101)114-96)68-29-25-62(2)26-30-68)36-38-76-83-47-53-91(110-83)99(65-19-11-5-12-20-65)87-41-33-71(105-87)60-72-34-42-88(106-72)100(66-21-13-6-14-22-66)92-54-48-84(76)111-92/h3-34,39-60,103,105,107,109,111,114H,1-2H3. The highest BCUT2D eigenvalue weighted by Gasteiger charge is 2.22. The number of nitrogens with one attached hydrogen (secondary N) is 6. The summed E-state index contributed by atoms with van der Waals surface area (Å²) in [6.45, 7) is 4.23. The van der Waals surface area contributed by atoms with Crippen LogP contribution in [0.2, 0.25) is 0 Å². The number of H-pyrrole nitrogens is 6. The number of fused-ring (bicyclic) bond motifs is 24. The predicted octanol–water partition coefficient (Wildman–Crippen LogP) is 24.0. The van der Waals surface area contributed by atoms with Crippen molar-refractivity contribution in [2.45, 2.75) is 13.8 Å². The SMILES string of the molecule is Cc1ccc(-c2c3nc(c(C#Cc4c5nc(c(-c6ccccc6)c6ccc(cc7nc(c(-c8ccccc8)c8ccc4[nH]8)C=C7)[nH]6)C=C5)c4ccc([nH]4)c(C#Cc4c5nc(c(-c6ccccc6)c6ccc(cc7nc(c(-c8ccccc8)c8ccc4[nH]8)C=C7)[nH]6)C=C5)c4nc(c(-c5ccc(C)cc5)c5ccc2[nH]5)C=C4)C=C3)cc1. The number of rotatable bonds is 6. The summed E-state index contributed by atoms with van der Waals surface area (Å²) >= 11 is 0. The number of hydrogen-bond acceptors (Lipinski definition) is 6. The van der Waals surface area contributed by atoms with Gasteiger partial charge >= 0.3 is 0 Å². The number of aromatic amines is 6. The van der Waals surface area contributed by atoms with Crippen LogP contribution in [-0.4, -0.2) is 59.8 Å². The molecule has 0 aliphatic carbocycles. The Balaban J connectivity index is 0.862. The highest BCUT2D eigenvalue weighted by molar-refractivity contribution is 6.01. The van der Waals surface area contributed by atoms with Crippen LogP contribution in [0.5, 0.6) is 0 Å². The van der Waals surface area contributed by atoms with Gasteiger partial charge in [0.25, 0.3) is 0 Å². The number of aromatic nitrogens is 12. The molecule has 12 nitrogen and oxygen atoms in total. The lowest BCUT2D eigenvalue weighted by Gasteiger charge is -2.06. The van der Waals surface area contributed by atoms with Gasteiger partial charge in [0.2, 0.25) is 0 Å². The summed E-state index contributed by atoms with van der Waals surface area (Å²) in [5, 5.41) is 0. The number of hydrogen-bond donors (Lipinski definition) is 6. The summed E-state index contributed by atoms with van der Waals surface area (Å²) in [4.78, 5) is 56.2. The molecule has 114 heavy (non-hydrogen) atoms. The zero-order valence-corrected chi connectivity index (χ0v) is 61.9. The van der Waals surface area contributed by atoms with Crippen molar-refractivity contribution in [2.75, 3.05) is 0 Å². The Kier molecular flexibility index (Phi) is 16.2. The molecule has 6 N–H and O–H groups in total. The fraction of sp³-hybridized carbons (Fsp3) is 0.0196. The molecule has 0 amide bonds. The molecule has 534 valence electrons. The quantitative estimate of drug-likeness (QED) is 0.0905. The molecule has 21 rings (SSSR count). The van der Waals surface area contributed by atoms with E-state index < -0.39 is 0 Å². The molecule has 0 saturated carbocycles. The molecule has 24 bridgehead atoms. The molecule has 0 saturated heterocycles. The third-order valence-electron chi connectivity index (χ3n) is 21.5. The van der Waals surface area contributed by atoms with E-state index in [1.807, 2.05) is 24.3 Å². The summed E-state index contributed by atoms with van der Waals surface area (Å²) in [6.07, 6.45) is 25.0. The van der Waals surface area contributed by atoms with Crippen LogP contribution in [0, 0.1) is 37.5 Å². The highest BCUT2D eigenvalue weighted by Crippen LogP contribution is 2.40. The average Bonchev–Trinajstić information content (AvgIpc) is 1.52. The molecule has 6 aromatic carbocycles. The minimum atomic E-state index is 0.636. The zero-order chi connectivity index (χ0) is 75.7. The van der Waals surface area contributed by atoms with E-state index in [2.05, 4.69) is 371 Å². The first-order valence-electron chi connectivity index (χ1n) is 38.1. The van der Waals surface area contributed by atoms with Crippen molar-refractivity contribution in [3.05, 3.63) is 356 Å². The Bertz CT molecular complexity index is 6940. The first-order chi connectivity index (χ1) is 56.2. The van der Waals surface area contributed by atoms with Gasteiger partial charge in [0.1, 0.15) is 0 Å². The first-order valence-corrected chi connectivity index (χ1v) is 38.1. The summed E-state index contributed by atoms with van der Waals surface area (Å²) in [5.41, 5.74) is 35.8. The van der Waals surface area contributed by atoms with Crippen LogP contribution in [0.1, 0.15) is 102 Å². The van der Waals surface area contributed by atoms with Crippen molar-refractivity contribution in [1.82, 2.24) is 59.8 Å². The molecule has 6 aliphatic heterocycles. The smallest absolute Gasteiger partial charge is 0.0815 e. The molecule has 15 aromatic rings. The fourth-order valence-electron chi connectivity index (χ4n) is 15.9. The maximum Gasteiger partial charge on any atom is 0.0815 e. The lowest BCUT2D eigenvalue weighted by atomic mass is 10.0. The second-order valence-electron chi connectivity index (χ2n) is 28.9. The van der Waals surface area contributed by atoms with E-state index in [0.717, 1.165) is 179 Å². The van der Waals surface area contributed by atoms with Gasteiger partial charge in [-0.05, 0) is 205 Å². The van der Waals surface area contributed by atoms with Crippen LogP contribution >= 0.6 is 0 Å². The van der Waals surface area contributed by atoms with Gasteiger partial charge in [0.05, 0.1) is 113 Å². The first kappa shape index (κ1) is 66.4. The van der Waals surface area contributed by atoms with Crippen molar-refractivity contribution in [1.29, 1.82) is 0 Å². The Hall–Kier alpha value is -15.8. The molecule has 6 aliphatic rings. The van der Waals surface area contributed by atoms with Crippen LogP contribution in [0.4, 0.5) is 0 Å². The van der Waals surface area contributed by atoms with Crippen LogP contribution in [0.15, 0.2) is 255 Å². The van der Waals surface area contributed by atoms with Crippen molar-refractivity contribution in [2.24, 2.45) is 0 Å². The van der Waals surface area contributed by atoms with Gasteiger partial charge in [-0.3, -0.25) is 0 Å². The minimum Gasteiger partial charge on any atom is -0.355 e. The average molecular weight is 1460 g/mol. The molecule has 15 heterocycles. The topological polar surface area (TPSA) is 172 Å². The van der Waals surface area contributed by atoms with E-state index in [-0.39, 0.29) is 0 Å². The van der Waals surface area contributed by atoms with Crippen molar-refractivity contribution in [3.63, 3.8) is 0 Å². The van der Waals surface area contributed by atoms with Crippen molar-refractivity contribution < 1.29 is 0 Å². The largest absolute Gasteiger partial charge is 0.355 e. The van der Waals surface area contributed by atoms with Gasteiger partial charge < -0.3 is 29.9 Å². The Morgan fingerprint density at radius 2 is 0.412 bits per heavy atom. The second kappa shape index (κ2) is 27.7. The van der Waals surface area contributed by atoms with Gasteiger partial charge in [-0.25, -0.2) is 29.9 Å². The van der Waals surface area contributed by atoms with Gasteiger partial charge in [0.15, 0.2) is 0 Å². The normalized spacial score (nSPS) is 12.3. The van der Waals surface area contributed by atoms with Gasteiger partial charge in [-0.2, -0.15) is 0 Å². The molecule has 9 aromatic heterocycles. The van der Waals surface area contributed by atoms with Crippen molar-refractivity contribution >= 4 is 139 Å². The van der Waals surface area contributed by atoms with Crippen LogP contribution < -0.4 is 0 Å².